The van der Waals surface area contributed by atoms with Crippen LogP contribution >= 0.6 is 11.6 Å². The number of hydrogen-bond donors (Lipinski definition) is 0. The minimum Gasteiger partial charge on any atom is -0.103 e. The molecule has 0 unspecified atom stereocenters. The van der Waals surface area contributed by atoms with Crippen LogP contribution in [-0.4, -0.2) is 0 Å². The van der Waals surface area contributed by atoms with E-state index in [0.29, 0.717) is 0 Å². The zero-order valence-corrected chi connectivity index (χ0v) is 7.14. The summed E-state index contributed by atoms with van der Waals surface area (Å²) in [5, 5.41) is 0.798. The minimum atomic E-state index is 0.798. The third-order valence-corrected chi connectivity index (χ3v) is 1.80. The van der Waals surface area contributed by atoms with Crippen molar-refractivity contribution in [3.05, 3.63) is 47.5 Å². The molecule has 0 bridgehead atoms. The lowest BCUT2D eigenvalue weighted by Crippen LogP contribution is -1.80. The van der Waals surface area contributed by atoms with E-state index in [1.54, 1.807) is 0 Å². The van der Waals surface area contributed by atoms with Crippen LogP contribution in [0.15, 0.2) is 36.9 Å². The molecule has 1 heteroatoms. The molecule has 0 saturated carbocycles. The van der Waals surface area contributed by atoms with Gasteiger partial charge in [0, 0.05) is 5.02 Å². The maximum Gasteiger partial charge on any atom is 0.0406 e. The summed E-state index contributed by atoms with van der Waals surface area (Å²) < 4.78 is 0. The SMILES string of the molecule is C=CCCc1ccc(Cl)cc1. The van der Waals surface area contributed by atoms with Gasteiger partial charge in [0.05, 0.1) is 0 Å². The van der Waals surface area contributed by atoms with Gasteiger partial charge >= 0.3 is 0 Å². The van der Waals surface area contributed by atoms with Crippen LogP contribution in [0.2, 0.25) is 5.02 Å². The molecule has 0 aliphatic rings. The Labute approximate surface area is 72.5 Å². The van der Waals surface area contributed by atoms with Crippen LogP contribution in [0.3, 0.4) is 0 Å². The van der Waals surface area contributed by atoms with Crippen LogP contribution < -0.4 is 0 Å². The smallest absolute Gasteiger partial charge is 0.0406 e. The topological polar surface area (TPSA) is 0 Å². The van der Waals surface area contributed by atoms with E-state index >= 15 is 0 Å². The number of rotatable bonds is 3. The molecule has 11 heavy (non-hydrogen) atoms. The highest BCUT2D eigenvalue weighted by atomic mass is 35.5. The predicted molar refractivity (Wildman–Crippen MR) is 50.0 cm³/mol. The van der Waals surface area contributed by atoms with Crippen molar-refractivity contribution in [1.82, 2.24) is 0 Å². The van der Waals surface area contributed by atoms with Crippen molar-refractivity contribution >= 4 is 11.6 Å². The molecule has 0 heterocycles. The van der Waals surface area contributed by atoms with E-state index in [0.717, 1.165) is 17.9 Å². The van der Waals surface area contributed by atoms with Crippen LogP contribution in [0.4, 0.5) is 0 Å². The van der Waals surface area contributed by atoms with Crippen molar-refractivity contribution in [3.8, 4) is 0 Å². The molecule has 58 valence electrons. The Kier molecular flexibility index (Phi) is 3.18. The second-order valence-corrected chi connectivity index (χ2v) is 2.89. The van der Waals surface area contributed by atoms with E-state index < -0.39 is 0 Å². The Morgan fingerprint density at radius 3 is 2.45 bits per heavy atom. The van der Waals surface area contributed by atoms with E-state index in [2.05, 4.69) is 6.58 Å². The number of halogens is 1. The third-order valence-electron chi connectivity index (χ3n) is 1.55. The summed E-state index contributed by atoms with van der Waals surface area (Å²) in [7, 11) is 0. The van der Waals surface area contributed by atoms with Crippen molar-refractivity contribution in [2.75, 3.05) is 0 Å². The van der Waals surface area contributed by atoms with Gasteiger partial charge in [-0.15, -0.1) is 6.58 Å². The van der Waals surface area contributed by atoms with Gasteiger partial charge in [0.2, 0.25) is 0 Å². The van der Waals surface area contributed by atoms with Gasteiger partial charge in [-0.2, -0.15) is 0 Å². The molecule has 0 fully saturated rings. The molecule has 0 spiro atoms. The third kappa shape index (κ3) is 2.77. The lowest BCUT2D eigenvalue weighted by atomic mass is 10.1. The fourth-order valence-corrected chi connectivity index (χ4v) is 1.05. The van der Waals surface area contributed by atoms with Crippen molar-refractivity contribution in [2.24, 2.45) is 0 Å². The van der Waals surface area contributed by atoms with Crippen LogP contribution in [0, 0.1) is 0 Å². The molecular formula is C10H11Cl. The monoisotopic (exact) mass is 166 g/mol. The maximum atomic E-state index is 5.73. The molecule has 0 nitrogen and oxygen atoms in total. The summed E-state index contributed by atoms with van der Waals surface area (Å²) in [4.78, 5) is 0. The summed E-state index contributed by atoms with van der Waals surface area (Å²) >= 11 is 5.73. The van der Waals surface area contributed by atoms with Gasteiger partial charge in [-0.25, -0.2) is 0 Å². The predicted octanol–water partition coefficient (Wildman–Crippen LogP) is 3.46. The molecule has 0 aliphatic carbocycles. The summed E-state index contributed by atoms with van der Waals surface area (Å²) in [6.07, 6.45) is 4.01. The van der Waals surface area contributed by atoms with Crippen molar-refractivity contribution in [3.63, 3.8) is 0 Å². The summed E-state index contributed by atoms with van der Waals surface area (Å²) in [6, 6.07) is 7.93. The van der Waals surface area contributed by atoms with Crippen molar-refractivity contribution in [1.29, 1.82) is 0 Å². The molecule has 1 rings (SSSR count). The van der Waals surface area contributed by atoms with E-state index in [9.17, 15) is 0 Å². The van der Waals surface area contributed by atoms with Crippen LogP contribution in [0.25, 0.3) is 0 Å². The normalized spacial score (nSPS) is 9.55. The van der Waals surface area contributed by atoms with E-state index in [4.69, 9.17) is 11.6 Å². The standard InChI is InChI=1S/C10H11Cl/c1-2-3-4-9-5-7-10(11)8-6-9/h2,5-8H,1,3-4H2. The average molecular weight is 167 g/mol. The second kappa shape index (κ2) is 4.20. The van der Waals surface area contributed by atoms with Crippen molar-refractivity contribution in [2.45, 2.75) is 12.8 Å². The van der Waals surface area contributed by atoms with Crippen LogP contribution in [0.5, 0.6) is 0 Å². The van der Waals surface area contributed by atoms with E-state index in [1.807, 2.05) is 30.3 Å². The molecule has 0 atom stereocenters. The van der Waals surface area contributed by atoms with Crippen molar-refractivity contribution < 1.29 is 0 Å². The largest absolute Gasteiger partial charge is 0.103 e. The molecule has 0 aliphatic heterocycles. The van der Waals surface area contributed by atoms with Gasteiger partial charge in [-0.05, 0) is 30.5 Å². The Hall–Kier alpha value is -0.750. The zero-order valence-electron chi connectivity index (χ0n) is 6.39. The maximum absolute atomic E-state index is 5.73. The van der Waals surface area contributed by atoms with E-state index in [-0.39, 0.29) is 0 Å². The minimum absolute atomic E-state index is 0.798. The highest BCUT2D eigenvalue weighted by Crippen LogP contribution is 2.10. The van der Waals surface area contributed by atoms with Crippen LogP contribution in [-0.2, 0) is 6.42 Å². The zero-order chi connectivity index (χ0) is 8.10. The number of allylic oxidation sites excluding steroid dienone is 1. The van der Waals surface area contributed by atoms with Gasteiger partial charge in [-0.1, -0.05) is 29.8 Å². The van der Waals surface area contributed by atoms with Crippen LogP contribution in [0.1, 0.15) is 12.0 Å². The molecule has 0 aromatic heterocycles. The van der Waals surface area contributed by atoms with Gasteiger partial charge in [0.15, 0.2) is 0 Å². The van der Waals surface area contributed by atoms with E-state index in [1.165, 1.54) is 5.56 Å². The molecule has 1 aromatic carbocycles. The molecular weight excluding hydrogens is 156 g/mol. The quantitative estimate of drug-likeness (QED) is 0.604. The first-order valence-electron chi connectivity index (χ1n) is 3.68. The summed E-state index contributed by atoms with van der Waals surface area (Å²) in [5.41, 5.74) is 1.31. The number of hydrogen-bond acceptors (Lipinski definition) is 0. The Bertz CT molecular complexity index is 223. The first-order chi connectivity index (χ1) is 5.33. The van der Waals surface area contributed by atoms with Gasteiger partial charge in [0.1, 0.15) is 0 Å². The number of aryl methyl sites for hydroxylation is 1. The van der Waals surface area contributed by atoms with Gasteiger partial charge < -0.3 is 0 Å². The number of benzene rings is 1. The molecule has 0 amide bonds. The van der Waals surface area contributed by atoms with Gasteiger partial charge in [0.25, 0.3) is 0 Å². The second-order valence-electron chi connectivity index (χ2n) is 2.45. The highest BCUT2D eigenvalue weighted by Gasteiger charge is 1.89. The Morgan fingerprint density at radius 1 is 1.27 bits per heavy atom. The fourth-order valence-electron chi connectivity index (χ4n) is 0.920. The average Bonchev–Trinajstić information content (AvgIpc) is 2.04. The molecule has 0 saturated heterocycles. The lowest BCUT2D eigenvalue weighted by Gasteiger charge is -1.96. The first kappa shape index (κ1) is 8.35. The molecule has 1 aromatic rings. The lowest BCUT2D eigenvalue weighted by molar-refractivity contribution is 1.00. The molecule has 0 N–H and O–H groups in total. The summed E-state index contributed by atoms with van der Waals surface area (Å²) in [6.45, 7) is 3.67. The van der Waals surface area contributed by atoms with Gasteiger partial charge in [-0.3, -0.25) is 0 Å². The summed E-state index contributed by atoms with van der Waals surface area (Å²) in [5.74, 6) is 0. The molecule has 0 radical (unpaired) electrons. The fraction of sp³-hybridized carbons (Fsp3) is 0.200. The Balaban J connectivity index is 2.58. The Morgan fingerprint density at radius 2 is 1.91 bits per heavy atom. The first-order valence-corrected chi connectivity index (χ1v) is 4.06. The highest BCUT2D eigenvalue weighted by molar-refractivity contribution is 6.30.